The number of hydrogen-bond acceptors (Lipinski definition) is 4. The minimum atomic E-state index is -0.165. The lowest BCUT2D eigenvalue weighted by Gasteiger charge is -2.42. The lowest BCUT2D eigenvalue weighted by atomic mass is 9.73. The molecule has 0 aromatic heterocycles. The van der Waals surface area contributed by atoms with Gasteiger partial charge < -0.3 is 20.4 Å². The molecule has 3 unspecified atom stereocenters. The Morgan fingerprint density at radius 1 is 0.460 bits per heavy atom. The topological polar surface area (TPSA) is 30.5 Å². The fourth-order valence-electron chi connectivity index (χ4n) is 10.7. The molecule has 3 aliphatic rings. The third-order valence-corrected chi connectivity index (χ3v) is 14.1. The van der Waals surface area contributed by atoms with Crippen molar-refractivity contribution in [3.05, 3.63) is 217 Å². The highest BCUT2D eigenvalue weighted by molar-refractivity contribution is 5.88. The normalized spacial score (nSPS) is 18.8. The van der Waals surface area contributed by atoms with Crippen LogP contribution in [0.3, 0.4) is 0 Å². The van der Waals surface area contributed by atoms with E-state index < -0.39 is 0 Å². The van der Waals surface area contributed by atoms with Crippen LogP contribution in [0.4, 0.5) is 34.1 Å². The van der Waals surface area contributed by atoms with Crippen molar-refractivity contribution in [2.45, 2.75) is 50.6 Å². The predicted molar refractivity (Wildman–Crippen MR) is 264 cm³/mol. The first-order chi connectivity index (χ1) is 31.0. The molecule has 2 fully saturated rings. The van der Waals surface area contributed by atoms with Gasteiger partial charge in [0.05, 0.1) is 17.5 Å². The number of rotatable bonds is 8. The Labute approximate surface area is 372 Å². The molecule has 11 rings (SSSR count). The third-order valence-electron chi connectivity index (χ3n) is 14.1. The standard InChI is InChI=1S/C59H54N4/c1-59(2)54-17-9-10-18-56(54)63(49-14-7-4-8-15-49)57-36-31-47(40-55(57)59)45-29-34-51(35-30-45)62(48-12-5-3-6-13-48)50-32-27-44(28-33-50)42-21-19-41(20-22-42)43-23-25-46(26-24-43)52-37-39-61-58-53(52)16-11-38-60-58/h3-10,12-15,17-36,40,52-53,58,60-61H,11,16,37-39H2,1-2H3. The van der Waals surface area contributed by atoms with E-state index in [1.165, 1.54) is 86.4 Å². The maximum Gasteiger partial charge on any atom is 0.0606 e. The van der Waals surface area contributed by atoms with Gasteiger partial charge >= 0.3 is 0 Å². The van der Waals surface area contributed by atoms with Crippen molar-refractivity contribution < 1.29 is 0 Å². The van der Waals surface area contributed by atoms with Crippen molar-refractivity contribution in [2.24, 2.45) is 5.92 Å². The fraction of sp³-hybridized carbons (Fsp3) is 0.186. The van der Waals surface area contributed by atoms with Gasteiger partial charge in [0, 0.05) is 28.2 Å². The van der Waals surface area contributed by atoms with Gasteiger partial charge in [0.1, 0.15) is 0 Å². The Hall–Kier alpha value is -6.72. The van der Waals surface area contributed by atoms with Crippen molar-refractivity contribution in [3.63, 3.8) is 0 Å². The van der Waals surface area contributed by atoms with Crippen LogP contribution >= 0.6 is 0 Å². The first-order valence-electron chi connectivity index (χ1n) is 22.8. The van der Waals surface area contributed by atoms with Crippen LogP contribution in [0.5, 0.6) is 0 Å². The Bertz CT molecular complexity index is 2830. The van der Waals surface area contributed by atoms with Crippen LogP contribution < -0.4 is 20.4 Å². The summed E-state index contributed by atoms with van der Waals surface area (Å²) in [6.45, 7) is 6.93. The molecule has 2 saturated heterocycles. The minimum Gasteiger partial charge on any atom is -0.311 e. The lowest BCUT2D eigenvalue weighted by Crippen LogP contribution is -2.56. The molecule has 310 valence electrons. The van der Waals surface area contributed by atoms with Crippen LogP contribution in [0.15, 0.2) is 200 Å². The van der Waals surface area contributed by atoms with E-state index in [1.807, 2.05) is 0 Å². The largest absolute Gasteiger partial charge is 0.311 e. The van der Waals surface area contributed by atoms with Gasteiger partial charge in [0.15, 0.2) is 0 Å². The molecular weight excluding hydrogens is 765 g/mol. The summed E-state index contributed by atoms with van der Waals surface area (Å²) in [6.07, 6.45) is 4.25. The maximum absolute atomic E-state index is 3.71. The van der Waals surface area contributed by atoms with E-state index in [1.54, 1.807) is 0 Å². The average molecular weight is 819 g/mol. The van der Waals surface area contributed by atoms with Crippen LogP contribution in [0.2, 0.25) is 0 Å². The zero-order valence-corrected chi connectivity index (χ0v) is 36.2. The van der Waals surface area contributed by atoms with E-state index in [9.17, 15) is 0 Å². The Morgan fingerprint density at radius 2 is 0.952 bits per heavy atom. The molecule has 4 nitrogen and oxygen atoms in total. The molecule has 63 heavy (non-hydrogen) atoms. The van der Waals surface area contributed by atoms with Crippen molar-refractivity contribution >= 4 is 34.1 Å². The zero-order valence-electron chi connectivity index (χ0n) is 36.2. The van der Waals surface area contributed by atoms with Crippen molar-refractivity contribution in [2.75, 3.05) is 22.9 Å². The van der Waals surface area contributed by atoms with E-state index in [0.29, 0.717) is 18.0 Å². The van der Waals surface area contributed by atoms with Gasteiger partial charge in [0.25, 0.3) is 0 Å². The Morgan fingerprint density at radius 3 is 1.60 bits per heavy atom. The maximum atomic E-state index is 3.71. The van der Waals surface area contributed by atoms with E-state index in [-0.39, 0.29) is 5.41 Å². The molecular formula is C59H54N4. The van der Waals surface area contributed by atoms with Gasteiger partial charge in [-0.15, -0.1) is 0 Å². The monoisotopic (exact) mass is 818 g/mol. The summed E-state index contributed by atoms with van der Waals surface area (Å²) < 4.78 is 0. The van der Waals surface area contributed by atoms with Gasteiger partial charge in [0.2, 0.25) is 0 Å². The Balaban J connectivity index is 0.843. The number of nitrogens with zero attached hydrogens (tertiary/aromatic N) is 2. The average Bonchev–Trinajstić information content (AvgIpc) is 3.35. The summed E-state index contributed by atoms with van der Waals surface area (Å²) in [4.78, 5) is 4.76. The van der Waals surface area contributed by atoms with Gasteiger partial charge in [-0.1, -0.05) is 147 Å². The summed E-state index contributed by atoms with van der Waals surface area (Å²) in [6, 6.07) is 73.8. The highest BCUT2D eigenvalue weighted by Gasteiger charge is 2.37. The van der Waals surface area contributed by atoms with Gasteiger partial charge in [-0.2, -0.15) is 0 Å². The number of anilines is 6. The van der Waals surface area contributed by atoms with Crippen molar-refractivity contribution in [1.82, 2.24) is 10.6 Å². The molecule has 4 heteroatoms. The van der Waals surface area contributed by atoms with Crippen LogP contribution in [0.25, 0.3) is 33.4 Å². The molecule has 0 aliphatic carbocycles. The van der Waals surface area contributed by atoms with Crippen LogP contribution in [-0.2, 0) is 5.41 Å². The SMILES string of the molecule is CC1(C)c2ccccc2N(c2ccccc2)c2ccc(-c3ccc(N(c4ccccc4)c4ccc(-c5ccc(-c6ccc(C7CCNC8NCCCC87)cc6)cc5)cc4)cc3)cc21. The summed E-state index contributed by atoms with van der Waals surface area (Å²) in [7, 11) is 0. The summed E-state index contributed by atoms with van der Waals surface area (Å²) in [5, 5.41) is 7.42. The molecule has 0 radical (unpaired) electrons. The molecule has 0 saturated carbocycles. The predicted octanol–water partition coefficient (Wildman–Crippen LogP) is 14.7. The second-order valence-electron chi connectivity index (χ2n) is 18.1. The number of piperidine rings is 2. The third kappa shape index (κ3) is 7.33. The molecule has 3 heterocycles. The Kier molecular flexibility index (Phi) is 10.3. The summed E-state index contributed by atoms with van der Waals surface area (Å²) >= 11 is 0. The minimum absolute atomic E-state index is 0.165. The van der Waals surface area contributed by atoms with E-state index in [4.69, 9.17) is 0 Å². The van der Waals surface area contributed by atoms with Crippen LogP contribution in [0.1, 0.15) is 55.7 Å². The molecule has 0 bridgehead atoms. The first kappa shape index (κ1) is 39.1. The number of para-hydroxylation sites is 3. The highest BCUT2D eigenvalue weighted by Crippen LogP contribution is 2.52. The van der Waals surface area contributed by atoms with Gasteiger partial charge in [-0.3, -0.25) is 0 Å². The van der Waals surface area contributed by atoms with E-state index in [2.05, 4.69) is 234 Å². The molecule has 3 aliphatic heterocycles. The second-order valence-corrected chi connectivity index (χ2v) is 18.1. The van der Waals surface area contributed by atoms with Gasteiger partial charge in [-0.25, -0.2) is 0 Å². The van der Waals surface area contributed by atoms with E-state index >= 15 is 0 Å². The molecule has 0 amide bonds. The highest BCUT2D eigenvalue weighted by atomic mass is 15.2. The molecule has 2 N–H and O–H groups in total. The molecule has 0 spiro atoms. The van der Waals surface area contributed by atoms with Crippen LogP contribution in [-0.4, -0.2) is 19.3 Å². The lowest BCUT2D eigenvalue weighted by molar-refractivity contribution is 0.165. The van der Waals surface area contributed by atoms with Crippen molar-refractivity contribution in [1.29, 1.82) is 0 Å². The molecule has 8 aromatic carbocycles. The van der Waals surface area contributed by atoms with Crippen molar-refractivity contribution in [3.8, 4) is 33.4 Å². The van der Waals surface area contributed by atoms with Gasteiger partial charge in [-0.05, 0) is 161 Å². The smallest absolute Gasteiger partial charge is 0.0606 e. The van der Waals surface area contributed by atoms with E-state index in [0.717, 1.165) is 30.2 Å². The summed E-state index contributed by atoms with van der Waals surface area (Å²) in [5.41, 5.74) is 18.3. The fourth-order valence-corrected chi connectivity index (χ4v) is 10.7. The molecule has 8 aromatic rings. The summed E-state index contributed by atoms with van der Waals surface area (Å²) in [5.74, 6) is 1.30. The second kappa shape index (κ2) is 16.5. The zero-order chi connectivity index (χ0) is 42.3. The quantitative estimate of drug-likeness (QED) is 0.160. The van der Waals surface area contributed by atoms with Crippen LogP contribution in [0, 0.1) is 5.92 Å². The number of nitrogens with one attached hydrogen (secondary N) is 2. The number of fused-ring (bicyclic) bond motifs is 3. The first-order valence-corrected chi connectivity index (χ1v) is 22.8. The number of benzene rings is 8. The molecule has 3 atom stereocenters. The number of hydrogen-bond donors (Lipinski definition) is 2.